The van der Waals surface area contributed by atoms with Crippen LogP contribution in [-0.2, 0) is 9.53 Å². The van der Waals surface area contributed by atoms with Gasteiger partial charge in [0.05, 0.1) is 18.8 Å². The number of hydrogen-bond donors (Lipinski definition) is 2. The largest absolute Gasteiger partial charge is 0.374 e. The van der Waals surface area contributed by atoms with Crippen LogP contribution in [0.15, 0.2) is 0 Å². The second-order valence-electron chi connectivity index (χ2n) is 8.00. The minimum absolute atomic E-state index is 0. The normalized spacial score (nSPS) is 32.4. The highest BCUT2D eigenvalue weighted by atomic mass is 35.5. The molecule has 2 saturated heterocycles. The Bertz CT molecular complexity index is 398. The summed E-state index contributed by atoms with van der Waals surface area (Å²) < 4.78 is 5.82. The molecule has 3 aliphatic rings. The highest BCUT2D eigenvalue weighted by molar-refractivity contribution is 5.85. The smallest absolute Gasteiger partial charge is 0.237 e. The Labute approximate surface area is 164 Å². The van der Waals surface area contributed by atoms with Crippen molar-refractivity contribution in [1.82, 2.24) is 15.5 Å². The molecule has 2 aliphatic heterocycles. The molecule has 1 saturated carbocycles. The summed E-state index contributed by atoms with van der Waals surface area (Å²) in [5.41, 5.74) is 0. The van der Waals surface area contributed by atoms with Gasteiger partial charge in [0.25, 0.3) is 0 Å². The summed E-state index contributed by atoms with van der Waals surface area (Å²) in [7, 11) is 0. The van der Waals surface area contributed by atoms with Crippen LogP contribution in [0, 0.1) is 11.8 Å². The molecule has 148 valence electrons. The molecule has 0 bridgehead atoms. The molecule has 4 atom stereocenters. The zero-order valence-electron chi connectivity index (χ0n) is 15.5. The van der Waals surface area contributed by atoms with E-state index in [2.05, 4.69) is 29.4 Å². The quantitative estimate of drug-likeness (QED) is 0.749. The molecular formula is C18H35Cl2N3O2. The Morgan fingerprint density at radius 2 is 2.04 bits per heavy atom. The van der Waals surface area contributed by atoms with Gasteiger partial charge in [-0.05, 0) is 31.1 Å². The highest BCUT2D eigenvalue weighted by Crippen LogP contribution is 2.33. The van der Waals surface area contributed by atoms with Crippen molar-refractivity contribution in [2.24, 2.45) is 11.8 Å². The molecule has 2 N–H and O–H groups in total. The Morgan fingerprint density at radius 1 is 1.28 bits per heavy atom. The third-order valence-electron chi connectivity index (χ3n) is 5.53. The van der Waals surface area contributed by atoms with Gasteiger partial charge in [-0.1, -0.05) is 26.7 Å². The number of nitrogens with zero attached hydrogens (tertiary/aromatic N) is 1. The zero-order valence-corrected chi connectivity index (χ0v) is 17.2. The van der Waals surface area contributed by atoms with Crippen LogP contribution in [0.1, 0.15) is 46.0 Å². The summed E-state index contributed by atoms with van der Waals surface area (Å²) >= 11 is 0. The number of carbonyl (C=O) groups excluding carboxylic acids is 1. The minimum atomic E-state index is 0. The van der Waals surface area contributed by atoms with E-state index in [1.54, 1.807) is 0 Å². The Kier molecular flexibility index (Phi) is 10.0. The summed E-state index contributed by atoms with van der Waals surface area (Å²) in [5.74, 6) is 1.56. The first-order valence-electron chi connectivity index (χ1n) is 9.49. The van der Waals surface area contributed by atoms with E-state index in [4.69, 9.17) is 4.74 Å². The monoisotopic (exact) mass is 395 g/mol. The lowest BCUT2D eigenvalue weighted by Crippen LogP contribution is -2.50. The summed E-state index contributed by atoms with van der Waals surface area (Å²) in [4.78, 5) is 14.9. The molecule has 1 aliphatic carbocycles. The molecular weight excluding hydrogens is 361 g/mol. The Morgan fingerprint density at radius 3 is 2.76 bits per heavy atom. The van der Waals surface area contributed by atoms with Crippen LogP contribution >= 0.6 is 24.8 Å². The zero-order chi connectivity index (χ0) is 16.2. The van der Waals surface area contributed by atoms with Crippen molar-refractivity contribution in [1.29, 1.82) is 0 Å². The van der Waals surface area contributed by atoms with Crippen LogP contribution in [0.25, 0.3) is 0 Å². The maximum absolute atomic E-state index is 12.4. The lowest BCUT2D eigenvalue weighted by atomic mass is 9.85. The third kappa shape index (κ3) is 6.55. The molecule has 0 aromatic rings. The minimum Gasteiger partial charge on any atom is -0.374 e. The predicted molar refractivity (Wildman–Crippen MR) is 106 cm³/mol. The van der Waals surface area contributed by atoms with Gasteiger partial charge in [-0.3, -0.25) is 9.69 Å². The van der Waals surface area contributed by atoms with Crippen LogP contribution in [0.2, 0.25) is 0 Å². The van der Waals surface area contributed by atoms with E-state index in [0.717, 1.165) is 32.7 Å². The van der Waals surface area contributed by atoms with Gasteiger partial charge in [-0.15, -0.1) is 24.8 Å². The van der Waals surface area contributed by atoms with E-state index in [-0.39, 0.29) is 42.9 Å². The number of nitrogens with one attached hydrogen (secondary N) is 2. The first-order valence-corrected chi connectivity index (χ1v) is 9.49. The van der Waals surface area contributed by atoms with Crippen LogP contribution in [0.5, 0.6) is 0 Å². The van der Waals surface area contributed by atoms with Gasteiger partial charge in [0.1, 0.15) is 0 Å². The Balaban J connectivity index is 0.00000156. The molecule has 2 heterocycles. The maximum atomic E-state index is 12.4. The molecule has 0 spiro atoms. The number of fused-ring (bicyclic) bond motifs is 1. The first-order chi connectivity index (χ1) is 11.1. The number of ether oxygens (including phenoxy) is 1. The number of morpholine rings is 1. The second kappa shape index (κ2) is 10.9. The van der Waals surface area contributed by atoms with Gasteiger partial charge in [0.2, 0.25) is 5.91 Å². The van der Waals surface area contributed by atoms with Gasteiger partial charge in [-0.25, -0.2) is 0 Å². The number of halogens is 2. The fourth-order valence-corrected chi connectivity index (χ4v) is 4.44. The molecule has 5 nitrogen and oxygen atoms in total. The van der Waals surface area contributed by atoms with Crippen molar-refractivity contribution in [3.8, 4) is 0 Å². The topological polar surface area (TPSA) is 53.6 Å². The van der Waals surface area contributed by atoms with Gasteiger partial charge in [0.15, 0.2) is 0 Å². The fraction of sp³-hybridized carbons (Fsp3) is 0.944. The molecule has 4 unspecified atom stereocenters. The molecule has 1 amide bonds. The van der Waals surface area contributed by atoms with Crippen molar-refractivity contribution >= 4 is 30.7 Å². The number of carbonyl (C=O) groups is 1. The van der Waals surface area contributed by atoms with Crippen LogP contribution in [0.4, 0.5) is 0 Å². The maximum Gasteiger partial charge on any atom is 0.237 e. The summed E-state index contributed by atoms with van der Waals surface area (Å²) in [6.45, 7) is 8.97. The standard InChI is InChI=1S/C18H33N3O2.2ClH/c1-13(2)11-21-7-8-23-15(12-21)10-19-18(22)17-9-14-5-3-4-6-16(14)20-17;;/h13-17,20H,3-12H2,1-2H3,(H,19,22);2*1H. The van der Waals surface area contributed by atoms with E-state index >= 15 is 0 Å². The molecule has 25 heavy (non-hydrogen) atoms. The third-order valence-corrected chi connectivity index (χ3v) is 5.53. The van der Waals surface area contributed by atoms with Crippen molar-refractivity contribution in [3.63, 3.8) is 0 Å². The van der Waals surface area contributed by atoms with Crippen LogP contribution in [-0.4, -0.2) is 61.8 Å². The van der Waals surface area contributed by atoms with Crippen molar-refractivity contribution in [2.45, 2.75) is 64.1 Å². The molecule has 0 aromatic carbocycles. The van der Waals surface area contributed by atoms with Crippen molar-refractivity contribution in [2.75, 3.05) is 32.8 Å². The molecule has 7 heteroatoms. The van der Waals surface area contributed by atoms with E-state index in [1.165, 1.54) is 25.7 Å². The highest BCUT2D eigenvalue weighted by Gasteiger charge is 2.38. The molecule has 0 aromatic heterocycles. The number of rotatable bonds is 5. The van der Waals surface area contributed by atoms with E-state index in [0.29, 0.717) is 24.4 Å². The summed E-state index contributed by atoms with van der Waals surface area (Å²) in [6.07, 6.45) is 6.32. The van der Waals surface area contributed by atoms with Gasteiger partial charge < -0.3 is 15.4 Å². The van der Waals surface area contributed by atoms with Crippen molar-refractivity contribution < 1.29 is 9.53 Å². The van der Waals surface area contributed by atoms with Crippen LogP contribution in [0.3, 0.4) is 0 Å². The molecule has 3 fully saturated rings. The lowest BCUT2D eigenvalue weighted by Gasteiger charge is -2.34. The van der Waals surface area contributed by atoms with Gasteiger partial charge in [0, 0.05) is 32.2 Å². The van der Waals surface area contributed by atoms with Gasteiger partial charge >= 0.3 is 0 Å². The van der Waals surface area contributed by atoms with Crippen LogP contribution < -0.4 is 10.6 Å². The molecule has 0 radical (unpaired) electrons. The molecule has 3 rings (SSSR count). The first kappa shape index (κ1) is 23.0. The average Bonchev–Trinajstić information content (AvgIpc) is 2.96. The van der Waals surface area contributed by atoms with Gasteiger partial charge in [-0.2, -0.15) is 0 Å². The SMILES string of the molecule is CC(C)CN1CCOC(CNC(=O)C2CC3CCCCC3N2)C1.Cl.Cl. The lowest BCUT2D eigenvalue weighted by molar-refractivity contribution is -0.124. The van der Waals surface area contributed by atoms with E-state index in [1.807, 2.05) is 0 Å². The predicted octanol–water partition coefficient (Wildman–Crippen LogP) is 2.22. The Hall–Kier alpha value is -0.0700. The van der Waals surface area contributed by atoms with E-state index < -0.39 is 0 Å². The van der Waals surface area contributed by atoms with Crippen molar-refractivity contribution in [3.05, 3.63) is 0 Å². The average molecular weight is 396 g/mol. The second-order valence-corrected chi connectivity index (χ2v) is 8.00. The summed E-state index contributed by atoms with van der Waals surface area (Å²) in [6, 6.07) is 0.588. The number of amides is 1. The summed E-state index contributed by atoms with van der Waals surface area (Å²) in [5, 5.41) is 6.68. The number of hydrogen-bond acceptors (Lipinski definition) is 4. The van der Waals surface area contributed by atoms with E-state index in [9.17, 15) is 4.79 Å². The fourth-order valence-electron chi connectivity index (χ4n) is 4.44.